The first-order valence-corrected chi connectivity index (χ1v) is 7.40. The fraction of sp³-hybridized carbons (Fsp3) is 0.429. The van der Waals surface area contributed by atoms with Crippen molar-refractivity contribution in [2.45, 2.75) is 32.1 Å². The minimum absolute atomic E-state index is 0.189. The van der Waals surface area contributed by atoms with E-state index >= 15 is 0 Å². The van der Waals surface area contributed by atoms with Crippen molar-refractivity contribution >= 4 is 11.8 Å². The van der Waals surface area contributed by atoms with Crippen molar-refractivity contribution in [3.63, 3.8) is 0 Å². The molecule has 0 saturated carbocycles. The molecule has 0 aliphatic carbocycles. The van der Waals surface area contributed by atoms with Gasteiger partial charge in [-0.3, -0.25) is 0 Å². The van der Waals surface area contributed by atoms with Crippen LogP contribution in [0.4, 0.5) is 0 Å². The van der Waals surface area contributed by atoms with Crippen LogP contribution in [0.3, 0.4) is 0 Å². The van der Waals surface area contributed by atoms with Crippen LogP contribution in [0.5, 0.6) is 0 Å². The fourth-order valence-corrected chi connectivity index (χ4v) is 2.16. The monoisotopic (exact) mass is 261 g/mol. The lowest BCUT2D eigenvalue weighted by molar-refractivity contribution is 0.590. The maximum absolute atomic E-state index is 4.20. The van der Waals surface area contributed by atoms with Gasteiger partial charge in [0.2, 0.25) is 0 Å². The number of hydrogen-bond donors (Lipinski definition) is 0. The van der Waals surface area contributed by atoms with E-state index in [0.717, 1.165) is 17.1 Å². The van der Waals surface area contributed by atoms with Crippen LogP contribution in [-0.2, 0) is 11.3 Å². The largest absolute Gasteiger partial charge is 0.242 e. The molecule has 0 N–H and O–H groups in total. The normalized spacial score (nSPS) is 11.8. The Balaban J connectivity index is 2.23. The highest BCUT2D eigenvalue weighted by molar-refractivity contribution is 7.97. The first-order chi connectivity index (χ1) is 8.50. The molecular weight excluding hydrogens is 242 g/mol. The van der Waals surface area contributed by atoms with Gasteiger partial charge in [0.05, 0.1) is 12.1 Å². The van der Waals surface area contributed by atoms with Gasteiger partial charge >= 0.3 is 0 Å². The van der Waals surface area contributed by atoms with Crippen molar-refractivity contribution in [2.75, 3.05) is 6.26 Å². The SMILES string of the molecule is CSCn1cc(-c2ccc(C(C)(C)C)cc2)nn1. The lowest BCUT2D eigenvalue weighted by Crippen LogP contribution is -2.10. The maximum atomic E-state index is 4.20. The standard InChI is InChI=1S/C14H19N3S/c1-14(2,3)12-7-5-11(6-8-12)13-9-17(10-18-4)16-15-13/h5-9H,10H2,1-4H3. The molecule has 0 bridgehead atoms. The molecule has 0 spiro atoms. The summed E-state index contributed by atoms with van der Waals surface area (Å²) in [6.45, 7) is 6.66. The van der Waals surface area contributed by atoms with Gasteiger partial charge in [0.1, 0.15) is 5.69 Å². The quantitative estimate of drug-likeness (QED) is 0.846. The van der Waals surface area contributed by atoms with Crippen LogP contribution in [0.1, 0.15) is 26.3 Å². The third-order valence-corrected chi connectivity index (χ3v) is 3.37. The molecule has 0 radical (unpaired) electrons. The van der Waals surface area contributed by atoms with Crippen LogP contribution >= 0.6 is 11.8 Å². The predicted octanol–water partition coefficient (Wildman–Crippen LogP) is 3.56. The van der Waals surface area contributed by atoms with Crippen molar-refractivity contribution in [2.24, 2.45) is 0 Å². The molecule has 2 aromatic rings. The lowest BCUT2D eigenvalue weighted by Gasteiger charge is -2.18. The lowest BCUT2D eigenvalue weighted by atomic mass is 9.86. The van der Waals surface area contributed by atoms with Gasteiger partial charge in [0.15, 0.2) is 0 Å². The van der Waals surface area contributed by atoms with Gasteiger partial charge in [0, 0.05) is 5.56 Å². The van der Waals surface area contributed by atoms with Gasteiger partial charge in [-0.2, -0.15) is 0 Å². The van der Waals surface area contributed by atoms with Crippen LogP contribution in [0.15, 0.2) is 30.5 Å². The van der Waals surface area contributed by atoms with Crippen LogP contribution in [0.25, 0.3) is 11.3 Å². The Morgan fingerprint density at radius 2 is 1.83 bits per heavy atom. The Bertz CT molecular complexity index is 509. The number of aromatic nitrogens is 3. The number of hydrogen-bond acceptors (Lipinski definition) is 3. The third kappa shape index (κ3) is 2.93. The predicted molar refractivity (Wildman–Crippen MR) is 77.7 cm³/mol. The average molecular weight is 261 g/mol. The van der Waals surface area contributed by atoms with Crippen LogP contribution in [0.2, 0.25) is 0 Å². The molecule has 1 aromatic heterocycles. The molecule has 0 fully saturated rings. The first-order valence-electron chi connectivity index (χ1n) is 6.00. The number of thioether (sulfide) groups is 1. The van der Waals surface area contributed by atoms with E-state index in [1.54, 1.807) is 11.8 Å². The number of rotatable bonds is 3. The Kier molecular flexibility index (Phi) is 3.76. The van der Waals surface area contributed by atoms with Crippen molar-refractivity contribution in [3.8, 4) is 11.3 Å². The minimum atomic E-state index is 0.189. The molecule has 0 saturated heterocycles. The second-order valence-electron chi connectivity index (χ2n) is 5.39. The highest BCUT2D eigenvalue weighted by atomic mass is 32.2. The Morgan fingerprint density at radius 3 is 2.39 bits per heavy atom. The zero-order chi connectivity index (χ0) is 13.2. The van der Waals surface area contributed by atoms with Gasteiger partial charge in [-0.1, -0.05) is 50.3 Å². The van der Waals surface area contributed by atoms with E-state index in [9.17, 15) is 0 Å². The van der Waals surface area contributed by atoms with E-state index in [-0.39, 0.29) is 5.41 Å². The summed E-state index contributed by atoms with van der Waals surface area (Å²) in [4.78, 5) is 0. The summed E-state index contributed by atoms with van der Waals surface area (Å²) in [5.74, 6) is 0.840. The molecule has 1 aromatic carbocycles. The zero-order valence-electron chi connectivity index (χ0n) is 11.3. The molecule has 0 unspecified atom stereocenters. The molecule has 2 rings (SSSR count). The van der Waals surface area contributed by atoms with Crippen molar-refractivity contribution in [1.82, 2.24) is 15.0 Å². The molecule has 0 aliphatic heterocycles. The van der Waals surface area contributed by atoms with E-state index in [1.807, 2.05) is 10.9 Å². The molecule has 0 atom stereocenters. The third-order valence-electron chi connectivity index (χ3n) is 2.85. The van der Waals surface area contributed by atoms with Crippen LogP contribution in [0, 0.1) is 0 Å². The zero-order valence-corrected chi connectivity index (χ0v) is 12.2. The summed E-state index contributed by atoms with van der Waals surface area (Å²) in [7, 11) is 0. The first kappa shape index (κ1) is 13.1. The Morgan fingerprint density at radius 1 is 1.17 bits per heavy atom. The maximum Gasteiger partial charge on any atom is 0.113 e. The van der Waals surface area contributed by atoms with Crippen molar-refractivity contribution in [1.29, 1.82) is 0 Å². The molecule has 1 heterocycles. The second-order valence-corrected chi connectivity index (χ2v) is 6.22. The topological polar surface area (TPSA) is 30.7 Å². The fourth-order valence-electron chi connectivity index (χ4n) is 1.77. The summed E-state index contributed by atoms with van der Waals surface area (Å²) in [6, 6.07) is 8.58. The molecular formula is C14H19N3S. The highest BCUT2D eigenvalue weighted by Crippen LogP contribution is 2.25. The summed E-state index contributed by atoms with van der Waals surface area (Å²) in [6.07, 6.45) is 4.04. The van der Waals surface area contributed by atoms with Crippen LogP contribution in [-0.4, -0.2) is 21.2 Å². The van der Waals surface area contributed by atoms with E-state index in [4.69, 9.17) is 0 Å². The summed E-state index contributed by atoms with van der Waals surface area (Å²) in [5.41, 5.74) is 3.58. The van der Waals surface area contributed by atoms with Gasteiger partial charge < -0.3 is 0 Å². The molecule has 3 nitrogen and oxygen atoms in total. The summed E-state index contributed by atoms with van der Waals surface area (Å²) in [5, 5.41) is 8.30. The average Bonchev–Trinajstić information content (AvgIpc) is 2.77. The van der Waals surface area contributed by atoms with Gasteiger partial charge in [-0.25, -0.2) is 4.68 Å². The van der Waals surface area contributed by atoms with Gasteiger partial charge in [0.25, 0.3) is 0 Å². The molecule has 4 heteroatoms. The number of benzene rings is 1. The number of nitrogens with zero attached hydrogens (tertiary/aromatic N) is 3. The van der Waals surface area contributed by atoms with Gasteiger partial charge in [-0.15, -0.1) is 16.9 Å². The van der Waals surface area contributed by atoms with Gasteiger partial charge in [-0.05, 0) is 17.2 Å². The van der Waals surface area contributed by atoms with Crippen molar-refractivity contribution in [3.05, 3.63) is 36.0 Å². The van der Waals surface area contributed by atoms with E-state index in [0.29, 0.717) is 0 Å². The molecule has 0 aliphatic rings. The highest BCUT2D eigenvalue weighted by Gasteiger charge is 2.13. The summed E-state index contributed by atoms with van der Waals surface area (Å²) >= 11 is 1.73. The van der Waals surface area contributed by atoms with E-state index < -0.39 is 0 Å². The van der Waals surface area contributed by atoms with E-state index in [2.05, 4.69) is 61.6 Å². The Hall–Kier alpha value is -1.29. The summed E-state index contributed by atoms with van der Waals surface area (Å²) < 4.78 is 1.86. The minimum Gasteiger partial charge on any atom is -0.242 e. The Labute approximate surface area is 113 Å². The van der Waals surface area contributed by atoms with Crippen molar-refractivity contribution < 1.29 is 0 Å². The molecule has 18 heavy (non-hydrogen) atoms. The molecule has 0 amide bonds. The molecule has 96 valence electrons. The van der Waals surface area contributed by atoms with Crippen LogP contribution < -0.4 is 0 Å². The second kappa shape index (κ2) is 5.14. The smallest absolute Gasteiger partial charge is 0.113 e. The van der Waals surface area contributed by atoms with E-state index in [1.165, 1.54) is 5.56 Å².